The Morgan fingerprint density at radius 2 is 0.838 bits per heavy atom. The summed E-state index contributed by atoms with van der Waals surface area (Å²) in [5, 5.41) is 23.8. The highest BCUT2D eigenvalue weighted by molar-refractivity contribution is 5.77. The molecule has 3 unspecified atom stereocenters. The van der Waals surface area contributed by atoms with Crippen molar-refractivity contribution >= 4 is 11.9 Å². The van der Waals surface area contributed by atoms with Crippen molar-refractivity contribution in [3.05, 3.63) is 109 Å². The van der Waals surface area contributed by atoms with Crippen molar-refractivity contribution < 1.29 is 24.5 Å². The Morgan fingerprint density at radius 1 is 0.441 bits per heavy atom. The van der Waals surface area contributed by atoms with Gasteiger partial charge in [-0.05, 0) is 89.9 Å². The van der Waals surface area contributed by atoms with E-state index in [-0.39, 0.29) is 24.9 Å². The topological polar surface area (TPSA) is 95.9 Å². The molecular weight excluding hydrogens is 839 g/mol. The lowest BCUT2D eigenvalue weighted by atomic mass is 10.0. The van der Waals surface area contributed by atoms with Crippen molar-refractivity contribution in [3.8, 4) is 0 Å². The van der Waals surface area contributed by atoms with Crippen molar-refractivity contribution in [1.29, 1.82) is 0 Å². The van der Waals surface area contributed by atoms with E-state index in [1.54, 1.807) is 0 Å². The zero-order chi connectivity index (χ0) is 49.5. The van der Waals surface area contributed by atoms with Crippen LogP contribution in [0.3, 0.4) is 0 Å². The Bertz CT molecular complexity index is 1380. The van der Waals surface area contributed by atoms with Gasteiger partial charge in [-0.3, -0.25) is 9.59 Å². The molecule has 3 N–H and O–H groups in total. The van der Waals surface area contributed by atoms with Gasteiger partial charge in [0.15, 0.2) is 0 Å². The summed E-state index contributed by atoms with van der Waals surface area (Å²) in [7, 11) is 0. The highest BCUT2D eigenvalue weighted by Crippen LogP contribution is 2.17. The first-order chi connectivity index (χ1) is 33.5. The standard InChI is InChI=1S/C62H105NO5/c1-4-7-10-13-16-19-22-25-28-30-31-32-34-37-40-43-46-49-52-55-62(67)68-58(53-50-47-44-41-38-35-33-29-26-23-20-17-14-11-8-5-2)56-61(66)63-59(57-64)60(65)54-51-48-45-42-39-36-27-24-21-18-15-12-9-6-3/h11,14,16-17,19-20,23,25-26,28-29,31-33,35,37-38,40,58-60,64-65H,4-10,12-13,15,18,21-22,24,27,30,34,36,39,41-57H2,1-3H3,(H,63,66)/b14-11+,19-16-,20-17+,26-23+,28-25-,32-31-,33-29+,38-35+,40-37-. The van der Waals surface area contributed by atoms with Crippen LogP contribution < -0.4 is 5.32 Å². The van der Waals surface area contributed by atoms with E-state index in [9.17, 15) is 19.8 Å². The molecule has 388 valence electrons. The predicted octanol–water partition coefficient (Wildman–Crippen LogP) is 17.5. The van der Waals surface area contributed by atoms with E-state index in [0.717, 1.165) is 103 Å². The number of carbonyl (C=O) groups is 2. The largest absolute Gasteiger partial charge is 0.462 e. The summed E-state index contributed by atoms with van der Waals surface area (Å²) in [5.74, 6) is -0.558. The molecule has 0 spiro atoms. The first-order valence-electron chi connectivity index (χ1n) is 28.2. The van der Waals surface area contributed by atoms with Gasteiger partial charge >= 0.3 is 5.97 Å². The van der Waals surface area contributed by atoms with Crippen molar-refractivity contribution in [2.24, 2.45) is 0 Å². The minimum absolute atomic E-state index is 0.0301. The maximum atomic E-state index is 13.3. The molecule has 0 aliphatic carbocycles. The second-order valence-corrected chi connectivity index (χ2v) is 18.8. The lowest BCUT2D eigenvalue weighted by Crippen LogP contribution is -2.46. The number of aliphatic hydroxyl groups is 2. The lowest BCUT2D eigenvalue weighted by molar-refractivity contribution is -0.151. The average molecular weight is 945 g/mol. The van der Waals surface area contributed by atoms with Crippen LogP contribution in [0.5, 0.6) is 0 Å². The Kier molecular flexibility index (Phi) is 51.7. The fourth-order valence-electron chi connectivity index (χ4n) is 7.91. The molecule has 0 fully saturated rings. The third kappa shape index (κ3) is 49.0. The smallest absolute Gasteiger partial charge is 0.306 e. The number of unbranched alkanes of at least 4 members (excludes halogenated alkanes) is 23. The minimum atomic E-state index is -0.813. The molecule has 0 heterocycles. The molecule has 0 aromatic carbocycles. The lowest BCUT2D eigenvalue weighted by Gasteiger charge is -2.24. The van der Waals surface area contributed by atoms with E-state index in [0.29, 0.717) is 19.3 Å². The van der Waals surface area contributed by atoms with E-state index in [1.165, 1.54) is 96.3 Å². The van der Waals surface area contributed by atoms with Gasteiger partial charge in [-0.25, -0.2) is 0 Å². The van der Waals surface area contributed by atoms with E-state index in [2.05, 4.69) is 99.0 Å². The van der Waals surface area contributed by atoms with Gasteiger partial charge in [0.1, 0.15) is 6.10 Å². The Morgan fingerprint density at radius 3 is 1.35 bits per heavy atom. The summed E-state index contributed by atoms with van der Waals surface area (Å²) in [5.41, 5.74) is 0. The van der Waals surface area contributed by atoms with Gasteiger partial charge in [-0.2, -0.15) is 0 Å². The van der Waals surface area contributed by atoms with Crippen molar-refractivity contribution in [2.45, 2.75) is 264 Å². The molecule has 0 bridgehead atoms. The van der Waals surface area contributed by atoms with Crippen LogP contribution in [0.15, 0.2) is 109 Å². The third-order valence-electron chi connectivity index (χ3n) is 12.2. The highest BCUT2D eigenvalue weighted by atomic mass is 16.5. The van der Waals surface area contributed by atoms with Crippen LogP contribution in [0.1, 0.15) is 245 Å². The molecular formula is C62H105NO5. The summed E-state index contributed by atoms with van der Waals surface area (Å²) >= 11 is 0. The molecule has 68 heavy (non-hydrogen) atoms. The number of ether oxygens (including phenoxy) is 1. The average Bonchev–Trinajstić information content (AvgIpc) is 3.33. The number of nitrogens with one attached hydrogen (secondary N) is 1. The first kappa shape index (κ1) is 64.5. The molecule has 0 radical (unpaired) electrons. The highest BCUT2D eigenvalue weighted by Gasteiger charge is 2.24. The van der Waals surface area contributed by atoms with Crippen LogP contribution in [0.25, 0.3) is 0 Å². The van der Waals surface area contributed by atoms with Crippen LogP contribution in [0, 0.1) is 0 Å². The van der Waals surface area contributed by atoms with Crippen LogP contribution >= 0.6 is 0 Å². The molecule has 6 heteroatoms. The molecule has 0 aromatic rings. The fraction of sp³-hybridized carbons (Fsp3) is 0.677. The van der Waals surface area contributed by atoms with Gasteiger partial charge < -0.3 is 20.3 Å². The second-order valence-electron chi connectivity index (χ2n) is 18.8. The number of carbonyl (C=O) groups excluding carboxylic acids is 2. The van der Waals surface area contributed by atoms with E-state index >= 15 is 0 Å². The number of hydrogen-bond acceptors (Lipinski definition) is 5. The summed E-state index contributed by atoms with van der Waals surface area (Å²) in [6.07, 6.45) is 74.3. The van der Waals surface area contributed by atoms with Gasteiger partial charge in [-0.15, -0.1) is 0 Å². The Hall–Kier alpha value is -3.48. The normalized spacial score (nSPS) is 14.0. The third-order valence-corrected chi connectivity index (χ3v) is 12.2. The number of amides is 1. The van der Waals surface area contributed by atoms with E-state index in [1.807, 2.05) is 36.5 Å². The Balaban J connectivity index is 4.74. The van der Waals surface area contributed by atoms with Crippen molar-refractivity contribution in [1.82, 2.24) is 5.32 Å². The number of rotatable bonds is 49. The number of esters is 1. The number of hydrogen-bond donors (Lipinski definition) is 3. The monoisotopic (exact) mass is 944 g/mol. The van der Waals surface area contributed by atoms with Crippen molar-refractivity contribution in [3.63, 3.8) is 0 Å². The number of aliphatic hydroxyl groups excluding tert-OH is 2. The summed E-state index contributed by atoms with van der Waals surface area (Å²) in [6, 6.07) is -0.731. The van der Waals surface area contributed by atoms with E-state index < -0.39 is 18.2 Å². The van der Waals surface area contributed by atoms with Gasteiger partial charge in [0.25, 0.3) is 0 Å². The second kappa shape index (κ2) is 54.5. The molecule has 6 nitrogen and oxygen atoms in total. The van der Waals surface area contributed by atoms with Crippen LogP contribution in [0.2, 0.25) is 0 Å². The zero-order valence-electron chi connectivity index (χ0n) is 44.2. The number of allylic oxidation sites excluding steroid dienone is 18. The summed E-state index contributed by atoms with van der Waals surface area (Å²) < 4.78 is 5.92. The van der Waals surface area contributed by atoms with Crippen LogP contribution in [-0.4, -0.2) is 46.9 Å². The maximum absolute atomic E-state index is 13.3. The predicted molar refractivity (Wildman–Crippen MR) is 296 cm³/mol. The first-order valence-corrected chi connectivity index (χ1v) is 28.2. The molecule has 3 atom stereocenters. The van der Waals surface area contributed by atoms with Gasteiger partial charge in [0, 0.05) is 6.42 Å². The Labute approximate surface area is 419 Å². The molecule has 0 aliphatic heterocycles. The molecule has 0 aliphatic rings. The summed E-state index contributed by atoms with van der Waals surface area (Å²) in [4.78, 5) is 26.3. The van der Waals surface area contributed by atoms with Crippen LogP contribution in [-0.2, 0) is 14.3 Å². The molecule has 1 amide bonds. The quantitative estimate of drug-likeness (QED) is 0.0244. The van der Waals surface area contributed by atoms with Gasteiger partial charge in [-0.1, -0.05) is 252 Å². The molecule has 0 aromatic heterocycles. The molecule has 0 saturated heterocycles. The van der Waals surface area contributed by atoms with E-state index in [4.69, 9.17) is 4.74 Å². The molecule has 0 rings (SSSR count). The fourth-order valence-corrected chi connectivity index (χ4v) is 7.91. The minimum Gasteiger partial charge on any atom is -0.462 e. The van der Waals surface area contributed by atoms with Crippen LogP contribution in [0.4, 0.5) is 0 Å². The zero-order valence-corrected chi connectivity index (χ0v) is 44.2. The van der Waals surface area contributed by atoms with Gasteiger partial charge in [0.05, 0.1) is 25.2 Å². The van der Waals surface area contributed by atoms with Gasteiger partial charge in [0.2, 0.25) is 5.91 Å². The molecule has 0 saturated carbocycles. The summed E-state index contributed by atoms with van der Waals surface area (Å²) in [6.45, 7) is 6.35. The van der Waals surface area contributed by atoms with Crippen molar-refractivity contribution in [2.75, 3.05) is 6.61 Å². The SMILES string of the molecule is CCC/C=C/C=C/C=C/C=C/C=C/CCCCCC(CC(=O)NC(CO)C(O)CCCCCCCCCCCCCCCC)OC(=O)CCCCC/C=C\C/C=C\C/C=C\C/C=C\CCCCC. The maximum Gasteiger partial charge on any atom is 0.306 e.